The van der Waals surface area contributed by atoms with Gasteiger partial charge < -0.3 is 5.73 Å². The molecule has 1 aromatic heterocycles. The van der Waals surface area contributed by atoms with Crippen molar-refractivity contribution in [1.82, 2.24) is 4.98 Å². The van der Waals surface area contributed by atoms with Crippen molar-refractivity contribution in [1.29, 1.82) is 0 Å². The number of nitrogens with two attached hydrogens (primary N) is 1. The molecule has 82 valence electrons. The van der Waals surface area contributed by atoms with Crippen molar-refractivity contribution in [3.63, 3.8) is 0 Å². The molecule has 0 aromatic carbocycles. The van der Waals surface area contributed by atoms with Gasteiger partial charge in [-0.05, 0) is 43.4 Å². The van der Waals surface area contributed by atoms with Crippen molar-refractivity contribution in [2.24, 2.45) is 5.73 Å². The second-order valence-electron chi connectivity index (χ2n) is 4.05. The van der Waals surface area contributed by atoms with E-state index in [1.807, 2.05) is 19.9 Å². The maximum Gasteiger partial charge on any atom is 0.0423 e. The lowest BCUT2D eigenvalue weighted by molar-refractivity contribution is 0.755. The van der Waals surface area contributed by atoms with Crippen molar-refractivity contribution < 1.29 is 0 Å². The predicted octanol–water partition coefficient (Wildman–Crippen LogP) is 2.84. The zero-order valence-electron chi connectivity index (χ0n) is 9.88. The molecule has 0 aliphatic heterocycles. The molecule has 0 saturated heterocycles. The van der Waals surface area contributed by atoms with Gasteiger partial charge in [0.15, 0.2) is 0 Å². The normalized spacial score (nSPS) is 12.5. The Labute approximate surface area is 92.2 Å². The van der Waals surface area contributed by atoms with E-state index >= 15 is 0 Å². The molecule has 2 N–H and O–H groups in total. The summed E-state index contributed by atoms with van der Waals surface area (Å²) in [6.45, 7) is 10.6. The molecule has 2 heteroatoms. The first kappa shape index (κ1) is 11.9. The Balaban J connectivity index is 3.19. The highest BCUT2D eigenvalue weighted by atomic mass is 14.7. The fourth-order valence-electron chi connectivity index (χ4n) is 1.97. The van der Waals surface area contributed by atoms with Gasteiger partial charge >= 0.3 is 0 Å². The zero-order valence-corrected chi connectivity index (χ0v) is 9.88. The fraction of sp³-hybridized carbons (Fsp3) is 0.462. The number of hydrogen-bond acceptors (Lipinski definition) is 2. The van der Waals surface area contributed by atoms with Gasteiger partial charge in [-0.1, -0.05) is 13.0 Å². The third-order valence-electron chi connectivity index (χ3n) is 2.75. The Morgan fingerprint density at radius 3 is 2.73 bits per heavy atom. The maximum atomic E-state index is 5.77. The summed E-state index contributed by atoms with van der Waals surface area (Å²) in [6.07, 6.45) is 2.94. The fourth-order valence-corrected chi connectivity index (χ4v) is 1.97. The molecule has 1 rings (SSSR count). The molecule has 0 saturated carbocycles. The summed E-state index contributed by atoms with van der Waals surface area (Å²) in [5, 5.41) is 0. The van der Waals surface area contributed by atoms with Crippen LogP contribution in [0.4, 0.5) is 0 Å². The average molecular weight is 204 g/mol. The van der Waals surface area contributed by atoms with Gasteiger partial charge in [-0.15, -0.1) is 6.58 Å². The summed E-state index contributed by atoms with van der Waals surface area (Å²) >= 11 is 0. The van der Waals surface area contributed by atoms with E-state index in [4.69, 9.17) is 5.73 Å². The number of nitrogens with zero attached hydrogens (tertiary/aromatic N) is 1. The Morgan fingerprint density at radius 1 is 1.53 bits per heavy atom. The quantitative estimate of drug-likeness (QED) is 0.766. The SMILES string of the molecule is C=CCC(C)c1cc(C)nc(C)c1CN. The van der Waals surface area contributed by atoms with Crippen molar-refractivity contribution in [2.45, 2.75) is 39.7 Å². The van der Waals surface area contributed by atoms with E-state index in [-0.39, 0.29) is 0 Å². The third kappa shape index (κ3) is 2.66. The summed E-state index contributed by atoms with van der Waals surface area (Å²) in [5.74, 6) is 0.474. The summed E-state index contributed by atoms with van der Waals surface area (Å²) < 4.78 is 0. The molecule has 1 aromatic rings. The van der Waals surface area contributed by atoms with Crippen molar-refractivity contribution in [3.05, 3.63) is 41.2 Å². The van der Waals surface area contributed by atoms with Gasteiger partial charge in [0.05, 0.1) is 0 Å². The van der Waals surface area contributed by atoms with Gasteiger partial charge in [-0.25, -0.2) is 0 Å². The number of pyridine rings is 1. The lowest BCUT2D eigenvalue weighted by atomic mass is 9.92. The summed E-state index contributed by atoms with van der Waals surface area (Å²) in [4.78, 5) is 4.44. The lowest BCUT2D eigenvalue weighted by Crippen LogP contribution is -2.09. The molecule has 0 aliphatic carbocycles. The van der Waals surface area contributed by atoms with E-state index in [9.17, 15) is 0 Å². The van der Waals surface area contributed by atoms with E-state index in [0.29, 0.717) is 12.5 Å². The van der Waals surface area contributed by atoms with Gasteiger partial charge in [-0.2, -0.15) is 0 Å². The highest BCUT2D eigenvalue weighted by Crippen LogP contribution is 2.25. The van der Waals surface area contributed by atoms with E-state index in [2.05, 4.69) is 24.6 Å². The molecule has 1 heterocycles. The highest BCUT2D eigenvalue weighted by Gasteiger charge is 2.12. The average Bonchev–Trinajstić information content (AvgIpc) is 2.17. The third-order valence-corrected chi connectivity index (χ3v) is 2.75. The standard InChI is InChI=1S/C13H20N2/c1-5-6-9(2)12-7-10(3)15-11(4)13(12)8-14/h5,7,9H,1,6,8,14H2,2-4H3. The van der Waals surface area contributed by atoms with E-state index in [1.165, 1.54) is 11.1 Å². The molecule has 1 atom stereocenters. The first-order valence-corrected chi connectivity index (χ1v) is 5.38. The van der Waals surface area contributed by atoms with Crippen molar-refractivity contribution in [2.75, 3.05) is 0 Å². The monoisotopic (exact) mass is 204 g/mol. The van der Waals surface area contributed by atoms with Crippen LogP contribution in [0.15, 0.2) is 18.7 Å². The topological polar surface area (TPSA) is 38.9 Å². The minimum atomic E-state index is 0.474. The van der Waals surface area contributed by atoms with E-state index in [0.717, 1.165) is 17.8 Å². The molecule has 0 fully saturated rings. The molecular weight excluding hydrogens is 184 g/mol. The summed E-state index contributed by atoms with van der Waals surface area (Å²) in [7, 11) is 0. The minimum Gasteiger partial charge on any atom is -0.326 e. The Kier molecular flexibility index (Phi) is 4.04. The molecule has 0 bridgehead atoms. The molecule has 1 unspecified atom stereocenters. The van der Waals surface area contributed by atoms with Crippen LogP contribution >= 0.6 is 0 Å². The van der Waals surface area contributed by atoms with Crippen LogP contribution in [0.25, 0.3) is 0 Å². The van der Waals surface area contributed by atoms with Crippen LogP contribution in [0.1, 0.15) is 41.8 Å². The predicted molar refractivity (Wildman–Crippen MR) is 64.8 cm³/mol. The molecule has 0 amide bonds. The van der Waals surface area contributed by atoms with Crippen LogP contribution in [-0.4, -0.2) is 4.98 Å². The van der Waals surface area contributed by atoms with Gasteiger partial charge in [0, 0.05) is 17.9 Å². The van der Waals surface area contributed by atoms with Gasteiger partial charge in [-0.3, -0.25) is 4.98 Å². The van der Waals surface area contributed by atoms with Crippen LogP contribution in [0, 0.1) is 13.8 Å². The number of aromatic nitrogens is 1. The highest BCUT2D eigenvalue weighted by molar-refractivity contribution is 5.34. The minimum absolute atomic E-state index is 0.474. The Hall–Kier alpha value is -1.15. The number of rotatable bonds is 4. The van der Waals surface area contributed by atoms with E-state index < -0.39 is 0 Å². The van der Waals surface area contributed by atoms with Crippen LogP contribution in [0.3, 0.4) is 0 Å². The van der Waals surface area contributed by atoms with Crippen LogP contribution in [0.5, 0.6) is 0 Å². The Morgan fingerprint density at radius 2 is 2.20 bits per heavy atom. The largest absolute Gasteiger partial charge is 0.326 e. The van der Waals surface area contributed by atoms with Crippen LogP contribution < -0.4 is 5.73 Å². The van der Waals surface area contributed by atoms with Crippen molar-refractivity contribution >= 4 is 0 Å². The Bertz CT molecular complexity index is 356. The second kappa shape index (κ2) is 5.08. The van der Waals surface area contributed by atoms with Gasteiger partial charge in [0.25, 0.3) is 0 Å². The summed E-state index contributed by atoms with van der Waals surface area (Å²) in [6, 6.07) is 2.14. The van der Waals surface area contributed by atoms with Crippen LogP contribution in [0.2, 0.25) is 0 Å². The zero-order chi connectivity index (χ0) is 11.4. The summed E-state index contributed by atoms with van der Waals surface area (Å²) in [5.41, 5.74) is 10.4. The smallest absolute Gasteiger partial charge is 0.0423 e. The second-order valence-corrected chi connectivity index (χ2v) is 4.05. The molecule has 0 radical (unpaired) electrons. The maximum absolute atomic E-state index is 5.77. The van der Waals surface area contributed by atoms with Gasteiger partial charge in [0.2, 0.25) is 0 Å². The molecule has 15 heavy (non-hydrogen) atoms. The number of allylic oxidation sites excluding steroid dienone is 1. The van der Waals surface area contributed by atoms with Gasteiger partial charge in [0.1, 0.15) is 0 Å². The molecule has 0 aliphatic rings. The lowest BCUT2D eigenvalue weighted by Gasteiger charge is -2.16. The first-order chi connectivity index (χ1) is 7.10. The van der Waals surface area contributed by atoms with Crippen molar-refractivity contribution in [3.8, 4) is 0 Å². The molecular formula is C13H20N2. The first-order valence-electron chi connectivity index (χ1n) is 5.38. The van der Waals surface area contributed by atoms with E-state index in [1.54, 1.807) is 0 Å². The van der Waals surface area contributed by atoms with Crippen LogP contribution in [-0.2, 0) is 6.54 Å². The molecule has 2 nitrogen and oxygen atoms in total. The molecule has 0 spiro atoms. The number of aryl methyl sites for hydroxylation is 2. The number of hydrogen-bond donors (Lipinski definition) is 1.